The van der Waals surface area contributed by atoms with Gasteiger partial charge in [0.25, 0.3) is 0 Å². The summed E-state index contributed by atoms with van der Waals surface area (Å²) in [6.45, 7) is 2.08. The third-order valence-corrected chi connectivity index (χ3v) is 6.21. The molecule has 0 aliphatic carbocycles. The number of hydrogen-bond donors (Lipinski definition) is 1. The number of phenolic OH excluding ortho intramolecular Hbond substituents is 1. The lowest BCUT2D eigenvalue weighted by Crippen LogP contribution is -2.13. The van der Waals surface area contributed by atoms with Gasteiger partial charge in [0.1, 0.15) is 23.7 Å². The number of ether oxygens (including phenoxy) is 2. The molecule has 0 fully saturated rings. The van der Waals surface area contributed by atoms with E-state index in [0.717, 1.165) is 21.4 Å². The summed E-state index contributed by atoms with van der Waals surface area (Å²) in [7, 11) is 1.55. The van der Waals surface area contributed by atoms with E-state index in [0.29, 0.717) is 22.7 Å². The summed E-state index contributed by atoms with van der Waals surface area (Å²) < 4.78 is 16.8. The van der Waals surface area contributed by atoms with Crippen LogP contribution in [0, 0.1) is 0 Å². The maximum Gasteiger partial charge on any atom is 0.313 e. The van der Waals surface area contributed by atoms with Gasteiger partial charge in [-0.25, -0.2) is 0 Å². The van der Waals surface area contributed by atoms with Gasteiger partial charge in [-0.2, -0.15) is 0 Å². The number of carbonyl (C=O) groups is 1. The zero-order valence-corrected chi connectivity index (χ0v) is 18.9. The number of carbonyl (C=O) groups excluding carboxylic acids is 1. The number of thioether (sulfide) groups is 1. The first kappa shape index (κ1) is 21.8. The third-order valence-electron chi connectivity index (χ3n) is 5.40. The molecule has 0 amide bonds. The van der Waals surface area contributed by atoms with E-state index in [1.54, 1.807) is 25.3 Å². The fourth-order valence-electron chi connectivity index (χ4n) is 3.56. The summed E-state index contributed by atoms with van der Waals surface area (Å²) in [6, 6.07) is 20.4. The normalized spacial score (nSPS) is 12.0. The van der Waals surface area contributed by atoms with E-state index in [4.69, 9.17) is 13.9 Å². The Labute approximate surface area is 191 Å². The fourth-order valence-corrected chi connectivity index (χ4v) is 4.28. The second-order valence-electron chi connectivity index (χ2n) is 7.42. The average molecular weight is 449 g/mol. The van der Waals surface area contributed by atoms with E-state index in [2.05, 4.69) is 0 Å². The summed E-state index contributed by atoms with van der Waals surface area (Å²) in [5, 5.41) is 11.4. The highest BCUT2D eigenvalue weighted by atomic mass is 32.2. The number of furan rings is 1. The van der Waals surface area contributed by atoms with Gasteiger partial charge < -0.3 is 19.0 Å². The molecule has 4 rings (SSSR count). The molecule has 1 atom stereocenters. The van der Waals surface area contributed by atoms with Crippen molar-refractivity contribution in [2.24, 2.45) is 0 Å². The first-order valence-corrected chi connectivity index (χ1v) is 11.4. The quantitative estimate of drug-likeness (QED) is 0.261. The Hall–Kier alpha value is -3.38. The highest BCUT2D eigenvalue weighted by molar-refractivity contribution is 7.99. The zero-order valence-electron chi connectivity index (χ0n) is 18.1. The molecular formula is C26H24O5S. The first-order chi connectivity index (χ1) is 15.5. The molecule has 1 N–H and O–H groups in total. The molecule has 0 aliphatic rings. The summed E-state index contributed by atoms with van der Waals surface area (Å²) in [5.41, 5.74) is 3.07. The van der Waals surface area contributed by atoms with Crippen molar-refractivity contribution in [2.45, 2.75) is 24.3 Å². The molecule has 0 saturated heterocycles. The van der Waals surface area contributed by atoms with Crippen LogP contribution in [0.1, 0.15) is 24.0 Å². The average Bonchev–Trinajstić information content (AvgIpc) is 3.19. The van der Waals surface area contributed by atoms with Crippen molar-refractivity contribution in [3.05, 3.63) is 77.9 Å². The number of methoxy groups -OCH3 is 1. The van der Waals surface area contributed by atoms with Gasteiger partial charge >= 0.3 is 5.97 Å². The third kappa shape index (κ3) is 4.32. The summed E-state index contributed by atoms with van der Waals surface area (Å²) >= 11 is 1.53. The van der Waals surface area contributed by atoms with Crippen LogP contribution in [0.3, 0.4) is 0 Å². The van der Waals surface area contributed by atoms with Gasteiger partial charge in [-0.15, -0.1) is 11.8 Å². The van der Waals surface area contributed by atoms with Crippen LogP contribution < -0.4 is 4.74 Å². The van der Waals surface area contributed by atoms with E-state index in [1.165, 1.54) is 11.8 Å². The number of aromatic hydroxyl groups is 1. The summed E-state index contributed by atoms with van der Waals surface area (Å²) in [5.74, 6) is 0.528. The number of phenols is 1. The van der Waals surface area contributed by atoms with Crippen LogP contribution in [-0.4, -0.2) is 24.4 Å². The Bertz CT molecular complexity index is 1250. The van der Waals surface area contributed by atoms with Crippen molar-refractivity contribution in [1.29, 1.82) is 0 Å². The van der Waals surface area contributed by atoms with Crippen LogP contribution in [0.15, 0.2) is 76.0 Å². The molecular weight excluding hydrogens is 424 g/mol. The van der Waals surface area contributed by atoms with E-state index in [1.807, 2.05) is 61.7 Å². The molecule has 0 saturated carbocycles. The standard InChI is InChI=1S/C26H24O5S/c1-16(26(28)30-15-17-7-5-4-6-8-17)18-9-12-23-21(13-18)25(32-3)24(31-23)20-11-10-19(29-2)14-22(20)27/h4-14,16,27H,15H2,1-3H3. The lowest BCUT2D eigenvalue weighted by molar-refractivity contribution is -0.146. The molecule has 3 aromatic carbocycles. The maximum atomic E-state index is 12.6. The molecule has 0 bridgehead atoms. The van der Waals surface area contributed by atoms with Gasteiger partial charge in [-0.05, 0) is 48.6 Å². The number of fused-ring (bicyclic) bond motifs is 1. The van der Waals surface area contributed by atoms with Gasteiger partial charge in [0.15, 0.2) is 5.76 Å². The number of benzene rings is 3. The van der Waals surface area contributed by atoms with E-state index in [-0.39, 0.29) is 18.3 Å². The van der Waals surface area contributed by atoms with Crippen molar-refractivity contribution >= 4 is 28.7 Å². The molecule has 5 nitrogen and oxygen atoms in total. The Kier molecular flexibility index (Phi) is 6.42. The van der Waals surface area contributed by atoms with E-state index >= 15 is 0 Å². The van der Waals surface area contributed by atoms with Crippen LogP contribution in [-0.2, 0) is 16.1 Å². The molecule has 0 radical (unpaired) electrons. The molecule has 164 valence electrons. The largest absolute Gasteiger partial charge is 0.507 e. The molecule has 0 spiro atoms. The molecule has 32 heavy (non-hydrogen) atoms. The van der Waals surface area contributed by atoms with Crippen molar-refractivity contribution in [2.75, 3.05) is 13.4 Å². The lowest BCUT2D eigenvalue weighted by Gasteiger charge is -2.12. The van der Waals surface area contributed by atoms with Crippen molar-refractivity contribution in [3.63, 3.8) is 0 Å². The number of esters is 1. The van der Waals surface area contributed by atoms with Gasteiger partial charge in [-0.3, -0.25) is 4.79 Å². The minimum atomic E-state index is -0.425. The minimum Gasteiger partial charge on any atom is -0.507 e. The van der Waals surface area contributed by atoms with Crippen molar-refractivity contribution in [3.8, 4) is 22.8 Å². The van der Waals surface area contributed by atoms with Crippen LogP contribution in [0.25, 0.3) is 22.3 Å². The van der Waals surface area contributed by atoms with Crippen molar-refractivity contribution in [1.82, 2.24) is 0 Å². The van der Waals surface area contributed by atoms with Crippen LogP contribution in [0.2, 0.25) is 0 Å². The molecule has 4 aromatic rings. The van der Waals surface area contributed by atoms with Crippen LogP contribution in [0.5, 0.6) is 11.5 Å². The summed E-state index contributed by atoms with van der Waals surface area (Å²) in [4.78, 5) is 13.5. The highest BCUT2D eigenvalue weighted by Crippen LogP contribution is 2.43. The molecule has 1 unspecified atom stereocenters. The lowest BCUT2D eigenvalue weighted by atomic mass is 10.00. The second kappa shape index (κ2) is 9.40. The number of rotatable bonds is 7. The summed E-state index contributed by atoms with van der Waals surface area (Å²) in [6.07, 6.45) is 1.96. The second-order valence-corrected chi connectivity index (χ2v) is 8.23. The van der Waals surface area contributed by atoms with Gasteiger partial charge in [0.05, 0.1) is 23.5 Å². The predicted molar refractivity (Wildman–Crippen MR) is 126 cm³/mol. The van der Waals surface area contributed by atoms with Gasteiger partial charge in [0.2, 0.25) is 0 Å². The minimum absolute atomic E-state index is 0.0804. The van der Waals surface area contributed by atoms with Gasteiger partial charge in [-0.1, -0.05) is 36.4 Å². The van der Waals surface area contributed by atoms with Crippen LogP contribution in [0.4, 0.5) is 0 Å². The molecule has 1 heterocycles. The number of hydrogen-bond acceptors (Lipinski definition) is 6. The Morgan fingerprint density at radius 1 is 1.09 bits per heavy atom. The van der Waals surface area contributed by atoms with E-state index < -0.39 is 5.92 Å². The highest BCUT2D eigenvalue weighted by Gasteiger charge is 2.22. The monoisotopic (exact) mass is 448 g/mol. The van der Waals surface area contributed by atoms with Gasteiger partial charge in [0, 0.05) is 11.5 Å². The SMILES string of the molecule is COc1ccc(-c2oc3ccc(C(C)C(=O)OCc4ccccc4)cc3c2SC)c(O)c1. The van der Waals surface area contributed by atoms with Crippen LogP contribution >= 0.6 is 11.8 Å². The Balaban J connectivity index is 1.63. The topological polar surface area (TPSA) is 68.9 Å². The molecule has 1 aromatic heterocycles. The Morgan fingerprint density at radius 3 is 2.56 bits per heavy atom. The first-order valence-electron chi connectivity index (χ1n) is 10.2. The Morgan fingerprint density at radius 2 is 1.88 bits per heavy atom. The smallest absolute Gasteiger partial charge is 0.313 e. The van der Waals surface area contributed by atoms with Crippen molar-refractivity contribution < 1.29 is 23.8 Å². The van der Waals surface area contributed by atoms with E-state index in [9.17, 15) is 9.90 Å². The molecule has 0 aliphatic heterocycles. The zero-order chi connectivity index (χ0) is 22.7. The fraction of sp³-hybridized carbons (Fsp3) is 0.192. The maximum absolute atomic E-state index is 12.6. The predicted octanol–water partition coefficient (Wildman–Crippen LogP) is 6.38. The molecule has 6 heteroatoms.